The molecule has 8 heteroatoms. The highest BCUT2D eigenvalue weighted by atomic mass is 35.5. The van der Waals surface area contributed by atoms with Crippen LogP contribution in [0.2, 0.25) is 10.0 Å². The van der Waals surface area contributed by atoms with Crippen molar-refractivity contribution >= 4 is 67.5 Å². The average Bonchev–Trinajstić information content (AvgIpc) is 3.31. The van der Waals surface area contributed by atoms with Crippen molar-refractivity contribution in [1.29, 1.82) is 5.26 Å². The second-order valence-electron chi connectivity index (χ2n) is 7.13. The fraction of sp³-hybridized carbons (Fsp3) is 0. The SMILES string of the molecule is N#C/C(=C/Nc1ccc(Cl)c(Cl)c1)c1nc(-c2cc3c(ccc4ccccc43)oc2=O)cs1. The molecule has 0 aliphatic rings. The highest BCUT2D eigenvalue weighted by Gasteiger charge is 2.15. The summed E-state index contributed by atoms with van der Waals surface area (Å²) in [5.41, 5.74) is 1.82. The number of halogens is 2. The van der Waals surface area contributed by atoms with E-state index >= 15 is 0 Å². The first-order valence-electron chi connectivity index (χ1n) is 9.77. The number of nitrogens with zero attached hydrogens (tertiary/aromatic N) is 2. The lowest BCUT2D eigenvalue weighted by Gasteiger charge is -2.04. The van der Waals surface area contributed by atoms with Crippen LogP contribution >= 0.6 is 34.5 Å². The molecule has 5 nitrogen and oxygen atoms in total. The van der Waals surface area contributed by atoms with E-state index in [2.05, 4.69) is 16.4 Å². The molecule has 33 heavy (non-hydrogen) atoms. The number of thiazole rings is 1. The topological polar surface area (TPSA) is 78.9 Å². The van der Waals surface area contributed by atoms with Gasteiger partial charge in [-0.3, -0.25) is 0 Å². The molecule has 0 atom stereocenters. The fourth-order valence-corrected chi connectivity index (χ4v) is 4.54. The number of rotatable bonds is 4. The van der Waals surface area contributed by atoms with E-state index in [-0.39, 0.29) is 0 Å². The summed E-state index contributed by atoms with van der Waals surface area (Å²) in [5, 5.41) is 18.6. The first kappa shape index (κ1) is 21.2. The molecule has 0 aliphatic carbocycles. The highest BCUT2D eigenvalue weighted by Crippen LogP contribution is 2.30. The third kappa shape index (κ3) is 4.10. The van der Waals surface area contributed by atoms with Gasteiger partial charge in [-0.1, -0.05) is 53.5 Å². The van der Waals surface area contributed by atoms with Gasteiger partial charge in [-0.05, 0) is 41.1 Å². The second kappa shape index (κ2) is 8.72. The second-order valence-corrected chi connectivity index (χ2v) is 8.80. The summed E-state index contributed by atoms with van der Waals surface area (Å²) >= 11 is 13.2. The zero-order valence-electron chi connectivity index (χ0n) is 16.8. The molecular weight excluding hydrogens is 477 g/mol. The Balaban J connectivity index is 1.52. The van der Waals surface area contributed by atoms with Gasteiger partial charge in [-0.25, -0.2) is 9.78 Å². The Hall–Kier alpha value is -3.63. The summed E-state index contributed by atoms with van der Waals surface area (Å²) in [6, 6.07) is 20.6. The van der Waals surface area contributed by atoms with Gasteiger partial charge < -0.3 is 9.73 Å². The van der Waals surface area contributed by atoms with Gasteiger partial charge in [0.25, 0.3) is 0 Å². The van der Waals surface area contributed by atoms with Gasteiger partial charge in [0.2, 0.25) is 0 Å². The number of aromatic nitrogens is 1. The van der Waals surface area contributed by atoms with Gasteiger partial charge in [0.15, 0.2) is 0 Å². The molecule has 0 radical (unpaired) electrons. The quantitative estimate of drug-likeness (QED) is 0.162. The summed E-state index contributed by atoms with van der Waals surface area (Å²) in [7, 11) is 0. The van der Waals surface area contributed by atoms with Gasteiger partial charge in [0.1, 0.15) is 22.2 Å². The molecule has 160 valence electrons. The Morgan fingerprint density at radius 1 is 1.06 bits per heavy atom. The Morgan fingerprint density at radius 3 is 2.73 bits per heavy atom. The molecule has 0 unspecified atom stereocenters. The molecule has 0 aliphatic heterocycles. The van der Waals surface area contributed by atoms with Crippen LogP contribution in [-0.4, -0.2) is 4.98 Å². The first-order chi connectivity index (χ1) is 16.0. The number of anilines is 1. The monoisotopic (exact) mass is 489 g/mol. The summed E-state index contributed by atoms with van der Waals surface area (Å²) in [4.78, 5) is 17.2. The van der Waals surface area contributed by atoms with Gasteiger partial charge in [0.05, 0.1) is 21.3 Å². The van der Waals surface area contributed by atoms with Crippen molar-refractivity contribution in [2.24, 2.45) is 0 Å². The summed E-state index contributed by atoms with van der Waals surface area (Å²) in [6.07, 6.45) is 1.54. The van der Waals surface area contributed by atoms with Crippen LogP contribution < -0.4 is 10.9 Å². The molecule has 0 amide bonds. The molecule has 5 aromatic rings. The van der Waals surface area contributed by atoms with Crippen LogP contribution in [0.1, 0.15) is 5.01 Å². The third-order valence-corrected chi connectivity index (χ3v) is 6.69. The van der Waals surface area contributed by atoms with E-state index in [0.717, 1.165) is 16.2 Å². The smallest absolute Gasteiger partial charge is 0.345 e. The number of nitrogens with one attached hydrogen (secondary N) is 1. The lowest BCUT2D eigenvalue weighted by atomic mass is 10.0. The van der Waals surface area contributed by atoms with Crippen LogP contribution in [0.25, 0.3) is 38.6 Å². The number of allylic oxidation sites excluding steroid dienone is 1. The maximum atomic E-state index is 12.7. The number of fused-ring (bicyclic) bond motifs is 3. The number of benzene rings is 3. The molecule has 0 spiro atoms. The summed E-state index contributed by atoms with van der Waals surface area (Å²) in [5.74, 6) is 0. The molecule has 1 N–H and O–H groups in total. The van der Waals surface area contributed by atoms with E-state index in [1.807, 2.05) is 30.3 Å². The van der Waals surface area contributed by atoms with Crippen LogP contribution in [0, 0.1) is 11.3 Å². The van der Waals surface area contributed by atoms with Crippen molar-refractivity contribution in [3.05, 3.63) is 97.7 Å². The fourth-order valence-electron chi connectivity index (χ4n) is 3.45. The molecule has 2 heterocycles. The molecule has 0 saturated heterocycles. The van der Waals surface area contributed by atoms with E-state index in [0.29, 0.717) is 43.2 Å². The zero-order chi connectivity index (χ0) is 22.9. The van der Waals surface area contributed by atoms with Crippen molar-refractivity contribution in [1.82, 2.24) is 4.98 Å². The molecule has 0 saturated carbocycles. The van der Waals surface area contributed by atoms with Gasteiger partial charge in [-0.2, -0.15) is 5.26 Å². The third-order valence-electron chi connectivity index (χ3n) is 5.08. The predicted molar refractivity (Wildman–Crippen MR) is 135 cm³/mol. The highest BCUT2D eigenvalue weighted by molar-refractivity contribution is 7.11. The van der Waals surface area contributed by atoms with Crippen LogP contribution in [0.3, 0.4) is 0 Å². The number of nitriles is 1. The maximum Gasteiger partial charge on any atom is 0.345 e. The van der Waals surface area contributed by atoms with Crippen molar-refractivity contribution in [2.45, 2.75) is 0 Å². The Kier molecular flexibility index (Phi) is 5.61. The Labute approximate surface area is 202 Å². The normalized spacial score (nSPS) is 11.6. The van der Waals surface area contributed by atoms with E-state index < -0.39 is 5.63 Å². The minimum atomic E-state index is -0.481. The zero-order valence-corrected chi connectivity index (χ0v) is 19.1. The van der Waals surface area contributed by atoms with Crippen LogP contribution in [0.15, 0.2) is 81.5 Å². The van der Waals surface area contributed by atoms with E-state index in [4.69, 9.17) is 27.6 Å². The van der Waals surface area contributed by atoms with Crippen molar-refractivity contribution in [2.75, 3.05) is 5.32 Å². The van der Waals surface area contributed by atoms with Gasteiger partial charge in [0, 0.05) is 22.7 Å². The predicted octanol–water partition coefficient (Wildman–Crippen LogP) is 7.35. The molecule has 0 bridgehead atoms. The summed E-state index contributed by atoms with van der Waals surface area (Å²) < 4.78 is 5.57. The number of hydrogen-bond donors (Lipinski definition) is 1. The molecular formula is C25H13Cl2N3O2S. The molecule has 3 aromatic carbocycles. The molecule has 5 rings (SSSR count). The molecule has 0 fully saturated rings. The Morgan fingerprint density at radius 2 is 1.91 bits per heavy atom. The lowest BCUT2D eigenvalue weighted by Crippen LogP contribution is -2.03. The van der Waals surface area contributed by atoms with Gasteiger partial charge >= 0.3 is 5.63 Å². The minimum Gasteiger partial charge on any atom is -0.422 e. The largest absolute Gasteiger partial charge is 0.422 e. The van der Waals surface area contributed by atoms with Crippen LogP contribution in [0.4, 0.5) is 5.69 Å². The average molecular weight is 490 g/mol. The van der Waals surface area contributed by atoms with E-state index in [1.54, 1.807) is 41.9 Å². The Bertz CT molecular complexity index is 1660. The van der Waals surface area contributed by atoms with Crippen LogP contribution in [-0.2, 0) is 0 Å². The maximum absolute atomic E-state index is 12.7. The standard InChI is InChI=1S/C25H13Cl2N3O2S/c26-20-7-6-16(9-21(20)27)29-12-15(11-28)24-30-22(13-33-24)19-10-18-17-4-2-1-3-14(17)5-8-23(18)32-25(19)31/h1-10,12-13,29H/b15-12-. The first-order valence-corrected chi connectivity index (χ1v) is 11.4. The van der Waals surface area contributed by atoms with E-state index in [9.17, 15) is 10.1 Å². The summed E-state index contributed by atoms with van der Waals surface area (Å²) in [6.45, 7) is 0. The van der Waals surface area contributed by atoms with Crippen molar-refractivity contribution in [3.8, 4) is 17.3 Å². The van der Waals surface area contributed by atoms with E-state index in [1.165, 1.54) is 11.3 Å². The van der Waals surface area contributed by atoms with Crippen molar-refractivity contribution in [3.63, 3.8) is 0 Å². The number of hydrogen-bond acceptors (Lipinski definition) is 6. The molecule has 2 aromatic heterocycles. The van der Waals surface area contributed by atoms with Crippen molar-refractivity contribution < 1.29 is 4.42 Å². The minimum absolute atomic E-state index is 0.313. The van der Waals surface area contributed by atoms with Gasteiger partial charge in [-0.15, -0.1) is 11.3 Å². The lowest BCUT2D eigenvalue weighted by molar-refractivity contribution is 0.563. The van der Waals surface area contributed by atoms with Crippen LogP contribution in [0.5, 0.6) is 0 Å².